The number of ether oxygens (including phenoxy) is 6. The molecule has 16 heteroatoms. The quantitative estimate of drug-likeness (QED) is 0.0436. The SMILES string of the molecule is CO[C@@H]1C[C@H](CC(C)C2CC(=O)[C@H](C)/C=C(\C)[C@@H](O)[C@@H](OC)C(=O)[C@H](C)C[C@H](C)/C=C/C=C/C=C(\C)[C@@H](OCCO)C[C@@H]3CC[C@@H](C)[C@@](O)(O3)C(=O)C(=O)N3CCCC[C@H]3C(=O)O2)CC[C@H]1OCCCI. The molecule has 0 aromatic rings. The number of ketones is 3. The first kappa shape index (κ1) is 60.9. The van der Waals surface area contributed by atoms with Gasteiger partial charge in [0, 0.05) is 62.4 Å². The molecule has 0 radical (unpaired) electrons. The van der Waals surface area contributed by atoms with Crippen LogP contribution in [0.15, 0.2) is 47.6 Å². The Kier molecular flexibility index (Phi) is 25.7. The Morgan fingerprint density at radius 1 is 0.873 bits per heavy atom. The first-order valence-corrected chi connectivity index (χ1v) is 27.7. The Labute approximate surface area is 437 Å². The third kappa shape index (κ3) is 17.4. The van der Waals surface area contributed by atoms with Crippen molar-refractivity contribution in [2.75, 3.05) is 45.0 Å². The summed E-state index contributed by atoms with van der Waals surface area (Å²) in [6.45, 7) is 13.2. The number of carbonyl (C=O) groups excluding carboxylic acids is 5. The number of allylic oxidation sites excluding steroid dienone is 6. The summed E-state index contributed by atoms with van der Waals surface area (Å²) in [5.74, 6) is -8.00. The number of fused-ring (bicyclic) bond motifs is 3. The maximum Gasteiger partial charge on any atom is 0.329 e. The smallest absolute Gasteiger partial charge is 0.329 e. The molecule has 4 aliphatic rings. The molecule has 1 aliphatic carbocycles. The molecule has 1 amide bonds. The van der Waals surface area contributed by atoms with Gasteiger partial charge >= 0.3 is 5.97 Å². The number of rotatable bonds is 12. The molecular weight excluding hydrogens is 1030 g/mol. The van der Waals surface area contributed by atoms with E-state index < -0.39 is 77.8 Å². The molecule has 3 fully saturated rings. The first-order chi connectivity index (χ1) is 33.8. The summed E-state index contributed by atoms with van der Waals surface area (Å²) in [5.41, 5.74) is 1.20. The maximum atomic E-state index is 14.5. The number of aliphatic hydroxyl groups is 3. The second-order valence-electron chi connectivity index (χ2n) is 20.8. The Morgan fingerprint density at radius 2 is 1.62 bits per heavy atom. The second-order valence-corrected chi connectivity index (χ2v) is 21.9. The summed E-state index contributed by atoms with van der Waals surface area (Å²) >= 11 is 2.34. The minimum atomic E-state index is -2.47. The second kappa shape index (κ2) is 30.0. The highest BCUT2D eigenvalue weighted by atomic mass is 127. The minimum absolute atomic E-state index is 0.00518. The van der Waals surface area contributed by atoms with Crippen LogP contribution in [0.3, 0.4) is 0 Å². The van der Waals surface area contributed by atoms with Crippen LogP contribution in [-0.4, -0.2) is 149 Å². The van der Waals surface area contributed by atoms with Crippen LogP contribution in [-0.2, 0) is 52.4 Å². The fourth-order valence-electron chi connectivity index (χ4n) is 10.7. The number of hydrogen-bond acceptors (Lipinski definition) is 14. The van der Waals surface area contributed by atoms with Crippen molar-refractivity contribution in [2.45, 2.75) is 186 Å². The lowest BCUT2D eigenvalue weighted by Crippen LogP contribution is -2.61. The van der Waals surface area contributed by atoms with Crippen LogP contribution in [0, 0.1) is 35.5 Å². The highest BCUT2D eigenvalue weighted by Crippen LogP contribution is 2.38. The van der Waals surface area contributed by atoms with Gasteiger partial charge in [0.25, 0.3) is 11.7 Å². The monoisotopic (exact) mass is 1110 g/mol. The third-order valence-corrected chi connectivity index (χ3v) is 16.0. The molecule has 1 saturated carbocycles. The first-order valence-electron chi connectivity index (χ1n) is 26.2. The number of nitrogens with zero attached hydrogens (tertiary/aromatic N) is 1. The van der Waals surface area contributed by atoms with E-state index in [1.807, 2.05) is 58.1 Å². The normalized spacial score (nSPS) is 38.0. The van der Waals surface area contributed by atoms with Crippen LogP contribution < -0.4 is 0 Å². The number of esters is 1. The number of aliphatic hydroxyl groups excluding tert-OH is 2. The molecule has 0 aromatic heterocycles. The van der Waals surface area contributed by atoms with E-state index in [2.05, 4.69) is 22.6 Å². The molecule has 3 heterocycles. The minimum Gasteiger partial charge on any atom is -0.460 e. The van der Waals surface area contributed by atoms with Crippen LogP contribution in [0.2, 0.25) is 0 Å². The predicted octanol–water partition coefficient (Wildman–Crippen LogP) is 7.39. The zero-order chi connectivity index (χ0) is 52.4. The fourth-order valence-corrected chi connectivity index (χ4v) is 11.0. The number of carbonyl (C=O) groups is 5. The summed E-state index contributed by atoms with van der Waals surface area (Å²) in [6.07, 6.45) is 13.0. The number of piperidine rings is 1. The molecule has 4 rings (SSSR count). The van der Waals surface area contributed by atoms with Gasteiger partial charge in [-0.05, 0) is 113 Å². The van der Waals surface area contributed by atoms with Gasteiger partial charge in [0.15, 0.2) is 5.78 Å². The van der Waals surface area contributed by atoms with Gasteiger partial charge in [-0.1, -0.05) is 93.7 Å². The van der Waals surface area contributed by atoms with Gasteiger partial charge in [-0.15, -0.1) is 0 Å². The molecule has 71 heavy (non-hydrogen) atoms. The van der Waals surface area contributed by atoms with Gasteiger partial charge in [-0.2, -0.15) is 0 Å². The Hall–Kier alpha value is -2.68. The van der Waals surface area contributed by atoms with E-state index in [0.29, 0.717) is 50.7 Å². The molecule has 15 nitrogen and oxygen atoms in total. The van der Waals surface area contributed by atoms with E-state index in [4.69, 9.17) is 28.4 Å². The number of halogens is 1. The highest BCUT2D eigenvalue weighted by Gasteiger charge is 2.53. The van der Waals surface area contributed by atoms with Crippen LogP contribution in [0.5, 0.6) is 0 Å². The van der Waals surface area contributed by atoms with Crippen molar-refractivity contribution in [3.63, 3.8) is 0 Å². The molecule has 15 atom stereocenters. The summed E-state index contributed by atoms with van der Waals surface area (Å²) in [7, 11) is 3.07. The lowest BCUT2D eigenvalue weighted by Gasteiger charge is -2.43. The van der Waals surface area contributed by atoms with Gasteiger partial charge in [0.1, 0.15) is 30.1 Å². The van der Waals surface area contributed by atoms with Crippen molar-refractivity contribution in [3.8, 4) is 0 Å². The topological polar surface area (TPSA) is 205 Å². The molecule has 3 aliphatic heterocycles. The predicted molar refractivity (Wildman–Crippen MR) is 278 cm³/mol. The maximum absolute atomic E-state index is 14.5. The van der Waals surface area contributed by atoms with Crippen LogP contribution in [0.25, 0.3) is 0 Å². The number of amides is 1. The number of methoxy groups -OCH3 is 2. The highest BCUT2D eigenvalue weighted by molar-refractivity contribution is 14.1. The van der Waals surface area contributed by atoms with E-state index in [1.54, 1.807) is 34.0 Å². The average Bonchev–Trinajstić information content (AvgIpc) is 3.35. The van der Waals surface area contributed by atoms with Crippen molar-refractivity contribution in [3.05, 3.63) is 47.6 Å². The number of alkyl halides is 1. The zero-order valence-corrected chi connectivity index (χ0v) is 46.1. The van der Waals surface area contributed by atoms with Crippen LogP contribution in [0.1, 0.15) is 132 Å². The molecule has 2 bridgehead atoms. The molecular formula is C55H86INO14. The van der Waals surface area contributed by atoms with Crippen LogP contribution in [0.4, 0.5) is 0 Å². The number of cyclic esters (lactones) is 1. The molecule has 402 valence electrons. The summed E-state index contributed by atoms with van der Waals surface area (Å²) < 4.78 is 37.3. The van der Waals surface area contributed by atoms with E-state index in [0.717, 1.165) is 35.7 Å². The van der Waals surface area contributed by atoms with E-state index in [9.17, 15) is 39.3 Å². The van der Waals surface area contributed by atoms with Gasteiger partial charge < -0.3 is 48.6 Å². The van der Waals surface area contributed by atoms with E-state index in [-0.39, 0.29) is 80.5 Å². The molecule has 3 N–H and O–H groups in total. The van der Waals surface area contributed by atoms with Crippen molar-refractivity contribution >= 4 is 51.8 Å². The molecule has 0 spiro atoms. The Bertz CT molecular complexity index is 1870. The Balaban J connectivity index is 1.70. The van der Waals surface area contributed by atoms with Crippen LogP contribution >= 0.6 is 22.6 Å². The molecule has 0 aromatic carbocycles. The zero-order valence-electron chi connectivity index (χ0n) is 43.9. The standard InChI is InChI=1S/C55H86INO14/c1-34-16-11-10-12-17-35(2)46(69-27-25-58)32-42-21-19-40(7)55(65,71-42)52(62)53(63)57-24-14-13-18-43(57)54(64)70-47(37(4)30-41-20-22-45(48(31-41)66-8)68-26-15-23-56)33-44(59)36(3)29-39(6)50(61)51(67-9)49(60)38(5)28-34/h10-12,16-17,29,34,36-38,40-43,45-48,50-51,58,61,65H,13-15,18-28,30-33H2,1-9H3/b12-10+,16-11+,35-17+,39-29+/t34-,36-,37?,38-,40-,41+,42+,43+,45-,46+,47?,48-,50-,51+,55-/m1/s1. The largest absolute Gasteiger partial charge is 0.460 e. The number of Topliss-reactive ketones (excluding diaryl/α,β-unsaturated/α-hetero) is 3. The molecule has 2 saturated heterocycles. The van der Waals surface area contributed by atoms with Gasteiger partial charge in [0.2, 0.25) is 5.79 Å². The van der Waals surface area contributed by atoms with Crippen molar-refractivity contribution in [2.24, 2.45) is 35.5 Å². The summed E-state index contributed by atoms with van der Waals surface area (Å²) in [4.78, 5) is 72.5. The summed E-state index contributed by atoms with van der Waals surface area (Å²) in [6, 6.07) is -1.15. The summed E-state index contributed by atoms with van der Waals surface area (Å²) in [5, 5.41) is 33.2. The van der Waals surface area contributed by atoms with E-state index >= 15 is 0 Å². The fraction of sp³-hybridized carbons (Fsp3) is 0.764. The van der Waals surface area contributed by atoms with Gasteiger partial charge in [-0.25, -0.2) is 4.79 Å². The van der Waals surface area contributed by atoms with Gasteiger partial charge in [0.05, 0.1) is 37.6 Å². The molecule has 2 unspecified atom stereocenters. The third-order valence-electron chi connectivity index (χ3n) is 15.2. The average molecular weight is 1110 g/mol. The van der Waals surface area contributed by atoms with Crippen molar-refractivity contribution < 1.29 is 67.7 Å². The van der Waals surface area contributed by atoms with Crippen molar-refractivity contribution in [1.82, 2.24) is 4.90 Å². The van der Waals surface area contributed by atoms with Crippen molar-refractivity contribution in [1.29, 1.82) is 0 Å². The number of hydrogen-bond donors (Lipinski definition) is 3. The lowest BCUT2D eigenvalue weighted by molar-refractivity contribution is -0.266. The van der Waals surface area contributed by atoms with Gasteiger partial charge in [-0.3, -0.25) is 19.2 Å². The Morgan fingerprint density at radius 3 is 2.31 bits per heavy atom. The van der Waals surface area contributed by atoms with E-state index in [1.165, 1.54) is 12.0 Å². The lowest BCUT2D eigenvalue weighted by atomic mass is 9.78.